The second kappa shape index (κ2) is 6.23. The predicted molar refractivity (Wildman–Crippen MR) is 84.2 cm³/mol. The van der Waals surface area contributed by atoms with E-state index in [0.717, 1.165) is 12.5 Å². The third kappa shape index (κ3) is 3.69. The van der Waals surface area contributed by atoms with Gasteiger partial charge in [0.25, 0.3) is 0 Å². The van der Waals surface area contributed by atoms with Crippen molar-refractivity contribution in [2.75, 3.05) is 18.0 Å². The molecule has 108 valence electrons. The van der Waals surface area contributed by atoms with E-state index in [1.54, 1.807) is 0 Å². The molecule has 1 aromatic heterocycles. The zero-order chi connectivity index (χ0) is 14.0. The predicted octanol–water partition coefficient (Wildman–Crippen LogP) is 3.61. The van der Waals surface area contributed by atoms with Crippen molar-refractivity contribution in [3.05, 3.63) is 10.6 Å². The lowest BCUT2D eigenvalue weighted by atomic mass is 10.1. The average molecular weight is 281 g/mol. The Balaban J connectivity index is 2.15. The minimum absolute atomic E-state index is 0.508. The van der Waals surface area contributed by atoms with Crippen LogP contribution in [0.3, 0.4) is 0 Å². The summed E-state index contributed by atoms with van der Waals surface area (Å²) in [7, 11) is 0. The summed E-state index contributed by atoms with van der Waals surface area (Å²) in [5.41, 5.74) is 1.28. The van der Waals surface area contributed by atoms with E-state index in [-0.39, 0.29) is 0 Å². The molecule has 1 aromatic rings. The van der Waals surface area contributed by atoms with Gasteiger partial charge >= 0.3 is 0 Å². The van der Waals surface area contributed by atoms with E-state index in [1.807, 2.05) is 11.3 Å². The molecule has 2 heterocycles. The number of hydrogen-bond donors (Lipinski definition) is 1. The first-order chi connectivity index (χ1) is 8.97. The third-order valence-electron chi connectivity index (χ3n) is 3.63. The molecule has 1 N–H and O–H groups in total. The van der Waals surface area contributed by atoms with Crippen molar-refractivity contribution >= 4 is 16.5 Å². The van der Waals surface area contributed by atoms with Gasteiger partial charge < -0.3 is 10.2 Å². The van der Waals surface area contributed by atoms with Gasteiger partial charge in [0.2, 0.25) is 0 Å². The molecular weight excluding hydrogens is 254 g/mol. The fraction of sp³-hybridized carbons (Fsp3) is 0.800. The number of anilines is 1. The van der Waals surface area contributed by atoms with Crippen LogP contribution >= 0.6 is 11.3 Å². The van der Waals surface area contributed by atoms with Crippen molar-refractivity contribution in [2.45, 2.75) is 59.5 Å². The monoisotopic (exact) mass is 281 g/mol. The van der Waals surface area contributed by atoms with E-state index in [0.29, 0.717) is 12.0 Å². The molecule has 4 heteroatoms. The van der Waals surface area contributed by atoms with E-state index in [4.69, 9.17) is 4.98 Å². The van der Waals surface area contributed by atoms with E-state index in [9.17, 15) is 0 Å². The first kappa shape index (κ1) is 14.8. The minimum atomic E-state index is 0.508. The summed E-state index contributed by atoms with van der Waals surface area (Å²) >= 11 is 1.88. The molecule has 1 atom stereocenters. The van der Waals surface area contributed by atoms with Crippen molar-refractivity contribution in [3.8, 4) is 0 Å². The number of hydrogen-bond acceptors (Lipinski definition) is 4. The lowest BCUT2D eigenvalue weighted by Gasteiger charge is -2.13. The van der Waals surface area contributed by atoms with Crippen LogP contribution in [0.25, 0.3) is 0 Å². The van der Waals surface area contributed by atoms with Crippen LogP contribution in [0.4, 0.5) is 5.13 Å². The van der Waals surface area contributed by atoms with Gasteiger partial charge in [-0.25, -0.2) is 4.98 Å². The van der Waals surface area contributed by atoms with Crippen LogP contribution in [0.15, 0.2) is 0 Å². The maximum Gasteiger partial charge on any atom is 0.185 e. The van der Waals surface area contributed by atoms with Gasteiger partial charge in [-0.1, -0.05) is 34.6 Å². The SMILES string of the molecule is CC1CCN(c2nc(C(C)C)c(CNC(C)C)s2)C1. The van der Waals surface area contributed by atoms with Gasteiger partial charge in [0.05, 0.1) is 5.69 Å². The van der Waals surface area contributed by atoms with Crippen LogP contribution in [0.5, 0.6) is 0 Å². The quantitative estimate of drug-likeness (QED) is 0.893. The van der Waals surface area contributed by atoms with Crippen LogP contribution in [0, 0.1) is 5.92 Å². The topological polar surface area (TPSA) is 28.2 Å². The second-order valence-corrected chi connectivity index (χ2v) is 7.40. The normalized spacial score (nSPS) is 19.9. The van der Waals surface area contributed by atoms with Crippen LogP contribution in [-0.4, -0.2) is 24.1 Å². The van der Waals surface area contributed by atoms with Gasteiger partial charge in [-0.2, -0.15) is 0 Å². The highest BCUT2D eigenvalue weighted by Gasteiger charge is 2.23. The number of rotatable bonds is 5. The van der Waals surface area contributed by atoms with Gasteiger partial charge in [-0.15, -0.1) is 11.3 Å². The molecule has 1 aliphatic rings. The minimum Gasteiger partial charge on any atom is -0.348 e. The first-order valence-electron chi connectivity index (χ1n) is 7.45. The Kier molecular flexibility index (Phi) is 4.85. The molecule has 3 nitrogen and oxygen atoms in total. The summed E-state index contributed by atoms with van der Waals surface area (Å²) in [5.74, 6) is 1.32. The highest BCUT2D eigenvalue weighted by molar-refractivity contribution is 7.15. The summed E-state index contributed by atoms with van der Waals surface area (Å²) in [5, 5.41) is 4.75. The maximum atomic E-state index is 4.91. The molecule has 19 heavy (non-hydrogen) atoms. The molecule has 0 aliphatic carbocycles. The highest BCUT2D eigenvalue weighted by atomic mass is 32.1. The van der Waals surface area contributed by atoms with Crippen LogP contribution < -0.4 is 10.2 Å². The Bertz CT molecular complexity index is 412. The summed E-state index contributed by atoms with van der Waals surface area (Å²) in [4.78, 5) is 8.78. The van der Waals surface area contributed by atoms with Crippen molar-refractivity contribution in [1.82, 2.24) is 10.3 Å². The zero-order valence-corrected chi connectivity index (χ0v) is 13.7. The van der Waals surface area contributed by atoms with Gasteiger partial charge in [0.15, 0.2) is 5.13 Å². The lowest BCUT2D eigenvalue weighted by molar-refractivity contribution is 0.588. The molecule has 0 spiro atoms. The van der Waals surface area contributed by atoms with Gasteiger partial charge in [0.1, 0.15) is 0 Å². The fourth-order valence-electron chi connectivity index (χ4n) is 2.47. The van der Waals surface area contributed by atoms with Crippen molar-refractivity contribution in [2.24, 2.45) is 5.92 Å². The Morgan fingerprint density at radius 2 is 2.11 bits per heavy atom. The van der Waals surface area contributed by atoms with Gasteiger partial charge in [-0.05, 0) is 18.3 Å². The summed E-state index contributed by atoms with van der Waals surface area (Å²) in [6.07, 6.45) is 1.30. The molecule has 1 saturated heterocycles. The molecule has 1 unspecified atom stereocenters. The standard InChI is InChI=1S/C15H27N3S/c1-10(2)14-13(8-16-11(3)4)19-15(17-14)18-7-6-12(5)9-18/h10-12,16H,6-9H2,1-5H3. The van der Waals surface area contributed by atoms with Crippen molar-refractivity contribution in [3.63, 3.8) is 0 Å². The maximum absolute atomic E-state index is 4.91. The van der Waals surface area contributed by atoms with Crippen LogP contribution in [0.2, 0.25) is 0 Å². The largest absolute Gasteiger partial charge is 0.348 e. The Labute approximate surface area is 121 Å². The van der Waals surface area contributed by atoms with E-state index >= 15 is 0 Å². The number of thiazole rings is 1. The molecule has 2 rings (SSSR count). The molecule has 0 saturated carbocycles. The Morgan fingerprint density at radius 1 is 1.37 bits per heavy atom. The Hall–Kier alpha value is -0.610. The molecule has 0 bridgehead atoms. The van der Waals surface area contributed by atoms with Gasteiger partial charge in [-0.3, -0.25) is 0 Å². The van der Waals surface area contributed by atoms with Crippen LogP contribution in [-0.2, 0) is 6.54 Å². The molecule has 0 aromatic carbocycles. The second-order valence-electron chi connectivity index (χ2n) is 6.34. The highest BCUT2D eigenvalue weighted by Crippen LogP contribution is 2.33. The van der Waals surface area contributed by atoms with E-state index in [2.05, 4.69) is 44.8 Å². The number of nitrogens with one attached hydrogen (secondary N) is 1. The van der Waals surface area contributed by atoms with E-state index in [1.165, 1.54) is 35.2 Å². The van der Waals surface area contributed by atoms with E-state index < -0.39 is 0 Å². The molecule has 0 radical (unpaired) electrons. The first-order valence-corrected chi connectivity index (χ1v) is 8.27. The van der Waals surface area contributed by atoms with Crippen LogP contribution in [0.1, 0.15) is 57.5 Å². The Morgan fingerprint density at radius 3 is 2.63 bits per heavy atom. The fourth-order valence-corrected chi connectivity index (χ4v) is 3.67. The van der Waals surface area contributed by atoms with Crippen molar-refractivity contribution in [1.29, 1.82) is 0 Å². The number of aromatic nitrogens is 1. The molecule has 0 amide bonds. The zero-order valence-electron chi connectivity index (χ0n) is 12.9. The molecular formula is C15H27N3S. The number of nitrogens with zero attached hydrogens (tertiary/aromatic N) is 2. The summed E-state index contributed by atoms with van der Waals surface area (Å²) in [6.45, 7) is 14.5. The van der Waals surface area contributed by atoms with Crippen molar-refractivity contribution < 1.29 is 0 Å². The summed E-state index contributed by atoms with van der Waals surface area (Å²) in [6, 6.07) is 0.525. The van der Waals surface area contributed by atoms with Gasteiger partial charge in [0, 0.05) is 30.6 Å². The lowest BCUT2D eigenvalue weighted by Crippen LogP contribution is -2.22. The summed E-state index contributed by atoms with van der Waals surface area (Å²) < 4.78 is 0. The third-order valence-corrected chi connectivity index (χ3v) is 4.76. The molecule has 1 aliphatic heterocycles. The average Bonchev–Trinajstić information content (AvgIpc) is 2.92. The smallest absolute Gasteiger partial charge is 0.185 e. The molecule has 1 fully saturated rings.